The zero-order valence-corrected chi connectivity index (χ0v) is 18.4. The molecule has 1 heterocycles. The van der Waals surface area contributed by atoms with Gasteiger partial charge in [-0.3, -0.25) is 0 Å². The predicted octanol–water partition coefficient (Wildman–Crippen LogP) is 4.34. The molecule has 0 amide bonds. The third-order valence-corrected chi connectivity index (χ3v) is 5.74. The first kappa shape index (κ1) is 23.1. The van der Waals surface area contributed by atoms with Crippen molar-refractivity contribution in [2.45, 2.75) is 44.1 Å². The van der Waals surface area contributed by atoms with E-state index in [1.807, 2.05) is 91.0 Å². The van der Waals surface area contributed by atoms with Gasteiger partial charge in [0.05, 0.1) is 38.5 Å². The summed E-state index contributed by atoms with van der Waals surface area (Å²) in [6.07, 6.45) is -1.17. The highest BCUT2D eigenvalue weighted by atomic mass is 16.6. The fraction of sp³-hybridized carbons (Fsp3) is 0.296. The Morgan fingerprint density at radius 3 is 1.64 bits per heavy atom. The van der Waals surface area contributed by atoms with E-state index in [4.69, 9.17) is 14.2 Å². The molecule has 6 nitrogen and oxygen atoms in total. The van der Waals surface area contributed by atoms with Crippen molar-refractivity contribution in [3.8, 4) is 6.07 Å². The molecule has 0 saturated carbocycles. The Hall–Kier alpha value is -3.05. The fourth-order valence-corrected chi connectivity index (χ4v) is 4.01. The van der Waals surface area contributed by atoms with Crippen molar-refractivity contribution in [3.63, 3.8) is 0 Å². The molecule has 0 aliphatic carbocycles. The van der Waals surface area contributed by atoms with Crippen LogP contribution in [0.5, 0.6) is 0 Å². The first-order valence-corrected chi connectivity index (χ1v) is 11.1. The van der Waals surface area contributed by atoms with E-state index in [-0.39, 0.29) is 6.61 Å². The van der Waals surface area contributed by atoms with Gasteiger partial charge < -0.3 is 19.4 Å². The van der Waals surface area contributed by atoms with E-state index in [1.54, 1.807) is 0 Å². The summed E-state index contributed by atoms with van der Waals surface area (Å²) in [5.74, 6) is 0. The van der Waals surface area contributed by atoms with Crippen LogP contribution in [0.15, 0.2) is 91.0 Å². The lowest BCUT2D eigenvalue weighted by Crippen LogP contribution is -2.40. The van der Waals surface area contributed by atoms with E-state index in [0.717, 1.165) is 21.8 Å². The molecule has 6 heteroatoms. The van der Waals surface area contributed by atoms with E-state index >= 15 is 0 Å². The summed E-state index contributed by atoms with van der Waals surface area (Å²) in [4.78, 5) is 0. The minimum Gasteiger partial charge on any atom is -0.375 e. The number of benzene rings is 3. The average molecular weight is 445 g/mol. The number of hydrogen-bond donors (Lipinski definition) is 1. The van der Waals surface area contributed by atoms with Crippen LogP contribution in [-0.2, 0) is 34.0 Å². The number of rotatable bonds is 10. The van der Waals surface area contributed by atoms with Gasteiger partial charge in [-0.15, -0.1) is 0 Å². The van der Waals surface area contributed by atoms with Crippen LogP contribution >= 0.6 is 0 Å². The minimum absolute atomic E-state index is 0.203. The molecule has 3 aromatic carbocycles. The third-order valence-electron chi connectivity index (χ3n) is 5.74. The highest BCUT2D eigenvalue weighted by Gasteiger charge is 2.51. The maximum absolute atomic E-state index is 10.9. The van der Waals surface area contributed by atoms with Crippen molar-refractivity contribution in [2.75, 3.05) is 6.61 Å². The zero-order chi connectivity index (χ0) is 22.9. The van der Waals surface area contributed by atoms with Crippen LogP contribution < -0.4 is 0 Å². The summed E-state index contributed by atoms with van der Waals surface area (Å²) < 4.78 is 18.3. The number of hydroxylamine groups is 2. The third kappa shape index (κ3) is 6.05. The van der Waals surface area contributed by atoms with Gasteiger partial charge in [0.1, 0.15) is 12.2 Å². The van der Waals surface area contributed by atoms with Crippen LogP contribution in [0.2, 0.25) is 0 Å². The Kier molecular flexibility index (Phi) is 8.20. The van der Waals surface area contributed by atoms with Gasteiger partial charge in [0, 0.05) is 0 Å². The molecule has 0 spiro atoms. The smallest absolute Gasteiger partial charge is 0.151 e. The summed E-state index contributed by atoms with van der Waals surface area (Å²) in [5, 5.41) is 21.7. The summed E-state index contributed by atoms with van der Waals surface area (Å²) in [5.41, 5.74) is 3.04. The van der Waals surface area contributed by atoms with E-state index in [2.05, 4.69) is 6.07 Å². The largest absolute Gasteiger partial charge is 0.375 e. The SMILES string of the molecule is N#C[C@@H]1[C@@H](OCc2ccccc2)[C@@H](OCc2ccccc2)[C@@H](COCc2ccccc2)N1O. The molecule has 0 aromatic heterocycles. The van der Waals surface area contributed by atoms with Gasteiger partial charge in [-0.05, 0) is 16.7 Å². The molecule has 0 radical (unpaired) electrons. The van der Waals surface area contributed by atoms with Crippen LogP contribution in [0.3, 0.4) is 0 Å². The normalized spacial score (nSPS) is 22.8. The van der Waals surface area contributed by atoms with Crippen LogP contribution in [0.25, 0.3) is 0 Å². The molecule has 1 N–H and O–H groups in total. The molecule has 1 aliphatic heterocycles. The zero-order valence-electron chi connectivity index (χ0n) is 18.4. The van der Waals surface area contributed by atoms with Crippen molar-refractivity contribution in [1.82, 2.24) is 5.06 Å². The van der Waals surface area contributed by atoms with E-state index in [0.29, 0.717) is 19.8 Å². The Morgan fingerprint density at radius 2 is 1.15 bits per heavy atom. The molecular formula is C27H28N2O4. The predicted molar refractivity (Wildman–Crippen MR) is 123 cm³/mol. The maximum atomic E-state index is 10.9. The van der Waals surface area contributed by atoms with Crippen molar-refractivity contribution >= 4 is 0 Å². The van der Waals surface area contributed by atoms with Crippen LogP contribution in [0.4, 0.5) is 0 Å². The quantitative estimate of drug-likeness (QED) is 0.501. The van der Waals surface area contributed by atoms with Gasteiger partial charge in [-0.2, -0.15) is 10.3 Å². The molecule has 33 heavy (non-hydrogen) atoms. The monoisotopic (exact) mass is 444 g/mol. The number of nitrogens with zero attached hydrogens (tertiary/aromatic N) is 2. The Balaban J connectivity index is 1.48. The molecule has 1 saturated heterocycles. The highest BCUT2D eigenvalue weighted by molar-refractivity contribution is 5.16. The van der Waals surface area contributed by atoms with E-state index < -0.39 is 24.3 Å². The standard InChI is InChI=1S/C27H28N2O4/c28-16-24-26(32-18-22-12-6-2-7-13-22)27(33-19-23-14-8-3-9-15-23)25(29(24)30)20-31-17-21-10-4-1-5-11-21/h1-15,24-27,30H,17-20H2/t24-,25-,26-,27+/m1/s1. The van der Waals surface area contributed by atoms with Gasteiger partial charge in [0.2, 0.25) is 0 Å². The molecule has 3 aromatic rings. The number of ether oxygens (including phenoxy) is 3. The molecule has 1 fully saturated rings. The van der Waals surface area contributed by atoms with Crippen molar-refractivity contribution in [1.29, 1.82) is 5.26 Å². The summed E-state index contributed by atoms with van der Waals surface area (Å²) >= 11 is 0. The highest BCUT2D eigenvalue weighted by Crippen LogP contribution is 2.30. The van der Waals surface area contributed by atoms with Crippen LogP contribution in [-0.4, -0.2) is 41.2 Å². The lowest BCUT2D eigenvalue weighted by molar-refractivity contribution is -0.155. The van der Waals surface area contributed by atoms with Gasteiger partial charge in [-0.1, -0.05) is 91.0 Å². The molecule has 0 unspecified atom stereocenters. The lowest BCUT2D eigenvalue weighted by Gasteiger charge is -2.25. The van der Waals surface area contributed by atoms with Crippen molar-refractivity contribution < 1.29 is 19.4 Å². The van der Waals surface area contributed by atoms with Gasteiger partial charge in [0.25, 0.3) is 0 Å². The van der Waals surface area contributed by atoms with E-state index in [9.17, 15) is 10.5 Å². The van der Waals surface area contributed by atoms with Gasteiger partial charge >= 0.3 is 0 Å². The topological polar surface area (TPSA) is 75.0 Å². The average Bonchev–Trinajstić information content (AvgIpc) is 3.13. The second-order valence-corrected chi connectivity index (χ2v) is 8.04. The Morgan fingerprint density at radius 1 is 0.697 bits per heavy atom. The first-order chi connectivity index (χ1) is 16.3. The summed E-state index contributed by atoms with van der Waals surface area (Å²) in [7, 11) is 0. The molecule has 4 atom stereocenters. The molecule has 170 valence electrons. The molecular weight excluding hydrogens is 416 g/mol. The van der Waals surface area contributed by atoms with E-state index in [1.165, 1.54) is 0 Å². The molecule has 0 bridgehead atoms. The second kappa shape index (κ2) is 11.7. The first-order valence-electron chi connectivity index (χ1n) is 11.1. The minimum atomic E-state index is -0.861. The van der Waals surface area contributed by atoms with Crippen molar-refractivity contribution in [2.24, 2.45) is 0 Å². The number of nitriles is 1. The van der Waals surface area contributed by atoms with Crippen molar-refractivity contribution in [3.05, 3.63) is 108 Å². The summed E-state index contributed by atoms with van der Waals surface area (Å²) in [6.45, 7) is 1.27. The lowest BCUT2D eigenvalue weighted by atomic mass is 10.1. The molecule has 4 rings (SSSR count). The number of hydrogen-bond acceptors (Lipinski definition) is 6. The van der Waals surface area contributed by atoms with Gasteiger partial charge in [0.15, 0.2) is 6.04 Å². The Bertz CT molecular complexity index is 1010. The second-order valence-electron chi connectivity index (χ2n) is 8.04. The van der Waals surface area contributed by atoms with Crippen LogP contribution in [0, 0.1) is 11.3 Å². The summed E-state index contributed by atoms with van der Waals surface area (Å²) in [6, 6.07) is 30.2. The van der Waals surface area contributed by atoms with Gasteiger partial charge in [-0.25, -0.2) is 0 Å². The fourth-order valence-electron chi connectivity index (χ4n) is 4.01. The molecule has 1 aliphatic rings. The van der Waals surface area contributed by atoms with Crippen LogP contribution in [0.1, 0.15) is 16.7 Å². The Labute approximate surface area is 194 Å². The maximum Gasteiger partial charge on any atom is 0.151 e.